The number of carbonyl (C=O) groups is 3. The van der Waals surface area contributed by atoms with Crippen molar-refractivity contribution < 1.29 is 23.9 Å². The number of ketones is 1. The molecule has 0 N–H and O–H groups in total. The van der Waals surface area contributed by atoms with Gasteiger partial charge in [0.2, 0.25) is 0 Å². The van der Waals surface area contributed by atoms with E-state index in [1.807, 2.05) is 62.3 Å². The molecule has 29 heavy (non-hydrogen) atoms. The summed E-state index contributed by atoms with van der Waals surface area (Å²) in [5.41, 5.74) is 0.0521. The molecule has 0 aromatic heterocycles. The summed E-state index contributed by atoms with van der Waals surface area (Å²) in [6, 6.07) is 0. The molecule has 0 saturated heterocycles. The van der Waals surface area contributed by atoms with Crippen molar-refractivity contribution in [2.24, 2.45) is 16.2 Å². The molecule has 0 unspecified atom stereocenters. The normalized spacial score (nSPS) is 16.2. The average molecular weight is 410 g/mol. The summed E-state index contributed by atoms with van der Waals surface area (Å²) in [6.45, 7) is 19.0. The van der Waals surface area contributed by atoms with E-state index in [9.17, 15) is 14.4 Å². The molecular weight excluding hydrogens is 370 g/mol. The van der Waals surface area contributed by atoms with Crippen LogP contribution >= 0.6 is 0 Å². The average Bonchev–Trinajstić information content (AvgIpc) is 2.80. The first-order chi connectivity index (χ1) is 13.1. The Labute approximate surface area is 176 Å². The topological polar surface area (TPSA) is 72.9 Å². The lowest BCUT2D eigenvalue weighted by Crippen LogP contribution is -2.36. The van der Waals surface area contributed by atoms with E-state index in [-0.39, 0.29) is 36.2 Å². The largest absolute Gasteiger partial charge is 0.379 e. The molecule has 0 aromatic rings. The van der Waals surface area contributed by atoms with Crippen LogP contribution in [0, 0.1) is 16.2 Å². The van der Waals surface area contributed by atoms with Crippen molar-refractivity contribution in [2.75, 3.05) is 33.0 Å². The molecule has 0 atom stereocenters. The van der Waals surface area contributed by atoms with Gasteiger partial charge in [0.25, 0.3) is 11.8 Å². The minimum absolute atomic E-state index is 0.168. The maximum absolute atomic E-state index is 12.9. The quantitative estimate of drug-likeness (QED) is 0.428. The van der Waals surface area contributed by atoms with Crippen molar-refractivity contribution in [1.82, 2.24) is 4.90 Å². The molecule has 0 saturated carbocycles. The smallest absolute Gasteiger partial charge is 0.257 e. The zero-order chi connectivity index (χ0) is 22.6. The highest BCUT2D eigenvalue weighted by atomic mass is 16.5. The van der Waals surface area contributed by atoms with Crippen LogP contribution in [0.25, 0.3) is 0 Å². The molecule has 0 aliphatic carbocycles. The number of rotatable bonds is 9. The number of imide groups is 1. The summed E-state index contributed by atoms with van der Waals surface area (Å²) in [6.07, 6.45) is 0.386. The number of nitrogens with zero attached hydrogens (tertiary/aromatic N) is 1. The fraction of sp³-hybridized carbons (Fsp3) is 0.783. The fourth-order valence-corrected chi connectivity index (χ4v) is 3.19. The Bertz CT molecular complexity index is 620. The van der Waals surface area contributed by atoms with E-state index in [0.717, 1.165) is 0 Å². The predicted molar refractivity (Wildman–Crippen MR) is 113 cm³/mol. The lowest BCUT2D eigenvalue weighted by molar-refractivity contribution is -0.139. The van der Waals surface area contributed by atoms with Crippen molar-refractivity contribution >= 4 is 17.6 Å². The molecule has 6 nitrogen and oxygen atoms in total. The highest BCUT2D eigenvalue weighted by Crippen LogP contribution is 2.42. The summed E-state index contributed by atoms with van der Waals surface area (Å²) in [5, 5.41) is 0. The Morgan fingerprint density at radius 3 is 1.52 bits per heavy atom. The van der Waals surface area contributed by atoms with Crippen LogP contribution in [-0.2, 0) is 23.9 Å². The van der Waals surface area contributed by atoms with Crippen molar-refractivity contribution in [3.05, 3.63) is 11.1 Å². The van der Waals surface area contributed by atoms with Crippen LogP contribution in [0.2, 0.25) is 0 Å². The highest BCUT2D eigenvalue weighted by molar-refractivity contribution is 6.20. The summed E-state index contributed by atoms with van der Waals surface area (Å²) in [5.74, 6) is -0.262. The molecule has 166 valence electrons. The molecule has 0 bridgehead atoms. The highest BCUT2D eigenvalue weighted by Gasteiger charge is 2.46. The molecule has 1 rings (SSSR count). The van der Waals surface area contributed by atoms with Gasteiger partial charge >= 0.3 is 0 Å². The van der Waals surface area contributed by atoms with Crippen LogP contribution in [0.3, 0.4) is 0 Å². The second kappa shape index (κ2) is 9.52. The maximum atomic E-state index is 12.9. The number of ether oxygens (including phenoxy) is 2. The van der Waals surface area contributed by atoms with E-state index < -0.39 is 10.8 Å². The van der Waals surface area contributed by atoms with Gasteiger partial charge in [-0.25, -0.2) is 0 Å². The molecule has 6 heteroatoms. The molecule has 0 fully saturated rings. The number of Topliss-reactive ketones (excluding diaryl/α,β-unsaturated/α-hetero) is 1. The van der Waals surface area contributed by atoms with Gasteiger partial charge in [0.15, 0.2) is 0 Å². The van der Waals surface area contributed by atoms with E-state index in [1.165, 1.54) is 4.90 Å². The van der Waals surface area contributed by atoms with Crippen LogP contribution in [0.5, 0.6) is 0 Å². The van der Waals surface area contributed by atoms with Gasteiger partial charge in [-0.15, -0.1) is 0 Å². The van der Waals surface area contributed by atoms with Crippen LogP contribution in [-0.4, -0.2) is 55.5 Å². The molecule has 1 heterocycles. The summed E-state index contributed by atoms with van der Waals surface area (Å²) >= 11 is 0. The lowest BCUT2D eigenvalue weighted by Gasteiger charge is -2.25. The molecule has 0 aromatic carbocycles. The summed E-state index contributed by atoms with van der Waals surface area (Å²) in [7, 11) is 0. The second-order valence-corrected chi connectivity index (χ2v) is 10.7. The van der Waals surface area contributed by atoms with Crippen molar-refractivity contribution in [3.63, 3.8) is 0 Å². The molecule has 2 amide bonds. The molecular formula is C23H39NO5. The third-order valence-electron chi connectivity index (χ3n) is 4.81. The number of hydrogen-bond donors (Lipinski definition) is 0. The van der Waals surface area contributed by atoms with Gasteiger partial charge in [-0.05, 0) is 10.8 Å². The Morgan fingerprint density at radius 1 is 0.724 bits per heavy atom. The second-order valence-electron chi connectivity index (χ2n) is 10.7. The third kappa shape index (κ3) is 7.03. The summed E-state index contributed by atoms with van der Waals surface area (Å²) in [4.78, 5) is 38.9. The molecule has 0 spiro atoms. The zero-order valence-electron chi connectivity index (χ0n) is 19.7. The SMILES string of the molecule is CC(C)(C)C(=O)CCOCCOCCN1C(=O)C(C(C)(C)C)=C(C(C)(C)C)C1=O. The first-order valence-electron chi connectivity index (χ1n) is 10.4. The number of amides is 2. The number of hydrogen-bond acceptors (Lipinski definition) is 5. The minimum atomic E-state index is -0.400. The molecule has 1 aliphatic heterocycles. The van der Waals surface area contributed by atoms with Crippen LogP contribution in [0.4, 0.5) is 0 Å². The fourth-order valence-electron chi connectivity index (χ4n) is 3.19. The third-order valence-corrected chi connectivity index (χ3v) is 4.81. The zero-order valence-corrected chi connectivity index (χ0v) is 19.7. The van der Waals surface area contributed by atoms with Crippen molar-refractivity contribution in [3.8, 4) is 0 Å². The Balaban J connectivity index is 2.46. The van der Waals surface area contributed by atoms with Crippen LogP contribution in [0.1, 0.15) is 68.7 Å². The van der Waals surface area contributed by atoms with Gasteiger partial charge in [0.1, 0.15) is 5.78 Å². The molecule has 0 radical (unpaired) electrons. The minimum Gasteiger partial charge on any atom is -0.379 e. The summed E-state index contributed by atoms with van der Waals surface area (Å²) < 4.78 is 11.0. The number of carbonyl (C=O) groups excluding carboxylic acids is 3. The van der Waals surface area contributed by atoms with Crippen LogP contribution in [0.15, 0.2) is 11.1 Å². The van der Waals surface area contributed by atoms with Crippen LogP contribution < -0.4 is 0 Å². The molecule has 1 aliphatic rings. The predicted octanol–water partition coefficient (Wildman–Crippen LogP) is 3.78. The van der Waals surface area contributed by atoms with E-state index in [0.29, 0.717) is 37.4 Å². The Kier molecular flexibility index (Phi) is 8.37. The van der Waals surface area contributed by atoms with E-state index >= 15 is 0 Å². The van der Waals surface area contributed by atoms with Gasteiger partial charge in [0.05, 0.1) is 33.0 Å². The van der Waals surface area contributed by atoms with E-state index in [1.54, 1.807) is 0 Å². The van der Waals surface area contributed by atoms with E-state index in [4.69, 9.17) is 9.47 Å². The first-order valence-corrected chi connectivity index (χ1v) is 10.4. The first kappa shape index (κ1) is 25.5. The van der Waals surface area contributed by atoms with Gasteiger partial charge < -0.3 is 9.47 Å². The van der Waals surface area contributed by atoms with Gasteiger partial charge in [-0.2, -0.15) is 0 Å². The monoisotopic (exact) mass is 409 g/mol. The van der Waals surface area contributed by atoms with Crippen molar-refractivity contribution in [1.29, 1.82) is 0 Å². The standard InChI is InChI=1S/C23H39NO5/c1-21(2,3)16(25)10-12-28-14-15-29-13-11-24-19(26)17(22(4,5)6)18(20(24)27)23(7,8)9/h10-15H2,1-9H3. The maximum Gasteiger partial charge on any atom is 0.257 e. The van der Waals surface area contributed by atoms with Gasteiger partial charge in [0, 0.05) is 23.0 Å². The van der Waals surface area contributed by atoms with Gasteiger partial charge in [-0.1, -0.05) is 62.3 Å². The van der Waals surface area contributed by atoms with Crippen molar-refractivity contribution in [2.45, 2.75) is 68.7 Å². The lowest BCUT2D eigenvalue weighted by atomic mass is 9.76. The van der Waals surface area contributed by atoms with Gasteiger partial charge in [-0.3, -0.25) is 19.3 Å². The van der Waals surface area contributed by atoms with E-state index in [2.05, 4.69) is 0 Å². The Hall–Kier alpha value is -1.53. The Morgan fingerprint density at radius 2 is 1.14 bits per heavy atom.